The maximum absolute atomic E-state index is 11.9. The Bertz CT molecular complexity index is 597. The van der Waals surface area contributed by atoms with Crippen LogP contribution in [0, 0.1) is 5.41 Å². The van der Waals surface area contributed by atoms with Gasteiger partial charge in [-0.05, 0) is 24.5 Å². The highest BCUT2D eigenvalue weighted by molar-refractivity contribution is 5.86. The maximum Gasteiger partial charge on any atom is 0.226 e. The van der Waals surface area contributed by atoms with Crippen LogP contribution in [0.2, 0.25) is 0 Å². The van der Waals surface area contributed by atoms with Gasteiger partial charge in [0.25, 0.3) is 0 Å². The van der Waals surface area contributed by atoms with Crippen LogP contribution in [0.25, 0.3) is 10.9 Å². The summed E-state index contributed by atoms with van der Waals surface area (Å²) in [6.07, 6.45) is 3.80. The summed E-state index contributed by atoms with van der Waals surface area (Å²) < 4.78 is 0. The van der Waals surface area contributed by atoms with E-state index in [9.17, 15) is 4.79 Å². The Labute approximate surface area is 106 Å². The molecule has 0 saturated heterocycles. The highest BCUT2D eigenvalue weighted by atomic mass is 16.2. The third-order valence-corrected chi connectivity index (χ3v) is 3.70. The molecule has 0 spiro atoms. The molecule has 0 radical (unpaired) electrons. The highest BCUT2D eigenvalue weighted by Crippen LogP contribution is 2.45. The number of amides is 1. The fourth-order valence-electron chi connectivity index (χ4n) is 2.11. The second kappa shape index (κ2) is 4.09. The standard InChI is InChI=1S/C15H16N2O/c1-15(7-8-15)14(18)17-10-12-5-2-4-11-6-3-9-16-13(11)12/h2-6,9H,7-8,10H2,1H3,(H,17,18). The van der Waals surface area contributed by atoms with Gasteiger partial charge in [-0.25, -0.2) is 0 Å². The largest absolute Gasteiger partial charge is 0.351 e. The molecule has 1 N–H and O–H groups in total. The summed E-state index contributed by atoms with van der Waals surface area (Å²) in [5.41, 5.74) is 1.94. The number of aromatic nitrogens is 1. The first kappa shape index (κ1) is 11.2. The van der Waals surface area contributed by atoms with E-state index in [4.69, 9.17) is 0 Å². The van der Waals surface area contributed by atoms with Crippen LogP contribution in [-0.2, 0) is 11.3 Å². The molecule has 0 bridgehead atoms. The molecule has 18 heavy (non-hydrogen) atoms. The Kier molecular flexibility index (Phi) is 2.54. The number of rotatable bonds is 3. The monoisotopic (exact) mass is 240 g/mol. The van der Waals surface area contributed by atoms with Crippen LogP contribution in [0.1, 0.15) is 25.3 Å². The smallest absolute Gasteiger partial charge is 0.226 e. The van der Waals surface area contributed by atoms with Gasteiger partial charge in [-0.2, -0.15) is 0 Å². The SMILES string of the molecule is CC1(C(=O)NCc2cccc3cccnc23)CC1. The quantitative estimate of drug-likeness (QED) is 0.896. The lowest BCUT2D eigenvalue weighted by Gasteiger charge is -2.11. The summed E-state index contributed by atoms with van der Waals surface area (Å²) in [5.74, 6) is 0.162. The zero-order chi connectivity index (χ0) is 12.6. The van der Waals surface area contributed by atoms with E-state index in [-0.39, 0.29) is 11.3 Å². The lowest BCUT2D eigenvalue weighted by atomic mass is 10.1. The van der Waals surface area contributed by atoms with Crippen molar-refractivity contribution in [2.24, 2.45) is 5.41 Å². The molecule has 1 aromatic carbocycles. The molecule has 0 aliphatic heterocycles. The fourth-order valence-corrected chi connectivity index (χ4v) is 2.11. The van der Waals surface area contributed by atoms with E-state index in [1.807, 2.05) is 37.3 Å². The van der Waals surface area contributed by atoms with Gasteiger partial charge < -0.3 is 5.32 Å². The number of carbonyl (C=O) groups is 1. The van der Waals surface area contributed by atoms with Crippen molar-refractivity contribution in [2.45, 2.75) is 26.3 Å². The van der Waals surface area contributed by atoms with Crippen molar-refractivity contribution in [3.8, 4) is 0 Å². The lowest BCUT2D eigenvalue weighted by Crippen LogP contribution is -2.29. The van der Waals surface area contributed by atoms with Crippen molar-refractivity contribution < 1.29 is 4.79 Å². The number of benzene rings is 1. The van der Waals surface area contributed by atoms with Gasteiger partial charge in [0.2, 0.25) is 5.91 Å². The van der Waals surface area contributed by atoms with E-state index >= 15 is 0 Å². The molecule has 0 atom stereocenters. The second-order valence-electron chi connectivity index (χ2n) is 5.24. The summed E-state index contributed by atoms with van der Waals surface area (Å²) in [6.45, 7) is 2.58. The number of hydrogen-bond acceptors (Lipinski definition) is 2. The minimum atomic E-state index is -0.113. The van der Waals surface area contributed by atoms with E-state index in [0.717, 1.165) is 29.3 Å². The maximum atomic E-state index is 11.9. The van der Waals surface area contributed by atoms with Crippen molar-refractivity contribution in [2.75, 3.05) is 0 Å². The number of fused-ring (bicyclic) bond motifs is 1. The predicted molar refractivity (Wildman–Crippen MR) is 70.9 cm³/mol. The fraction of sp³-hybridized carbons (Fsp3) is 0.333. The minimum Gasteiger partial charge on any atom is -0.351 e. The van der Waals surface area contributed by atoms with E-state index in [0.29, 0.717) is 6.54 Å². The van der Waals surface area contributed by atoms with Gasteiger partial charge in [-0.15, -0.1) is 0 Å². The second-order valence-corrected chi connectivity index (χ2v) is 5.24. The molecule has 1 aromatic heterocycles. The molecule has 3 nitrogen and oxygen atoms in total. The minimum absolute atomic E-state index is 0.113. The van der Waals surface area contributed by atoms with Crippen molar-refractivity contribution in [1.29, 1.82) is 0 Å². The van der Waals surface area contributed by atoms with Crippen LogP contribution in [0.3, 0.4) is 0 Å². The van der Waals surface area contributed by atoms with Crippen LogP contribution in [0.15, 0.2) is 36.5 Å². The molecule has 1 amide bonds. The first-order valence-corrected chi connectivity index (χ1v) is 6.30. The lowest BCUT2D eigenvalue weighted by molar-refractivity contribution is -0.125. The number of nitrogens with zero attached hydrogens (tertiary/aromatic N) is 1. The summed E-state index contributed by atoms with van der Waals surface area (Å²) in [4.78, 5) is 16.3. The van der Waals surface area contributed by atoms with E-state index in [1.165, 1.54) is 0 Å². The molecule has 3 heteroatoms. The molecule has 0 unspecified atom stereocenters. The first-order valence-electron chi connectivity index (χ1n) is 6.30. The number of pyridine rings is 1. The number of para-hydroxylation sites is 1. The van der Waals surface area contributed by atoms with Crippen LogP contribution in [0.4, 0.5) is 0 Å². The zero-order valence-corrected chi connectivity index (χ0v) is 10.4. The summed E-state index contributed by atoms with van der Waals surface area (Å²) in [5, 5.41) is 4.13. The Morgan fingerprint density at radius 3 is 2.89 bits per heavy atom. The van der Waals surface area contributed by atoms with E-state index in [1.54, 1.807) is 6.20 Å². The van der Waals surface area contributed by atoms with Crippen molar-refractivity contribution in [1.82, 2.24) is 10.3 Å². The number of hydrogen-bond donors (Lipinski definition) is 1. The molecule has 1 aliphatic carbocycles. The topological polar surface area (TPSA) is 42.0 Å². The van der Waals surface area contributed by atoms with Gasteiger partial charge in [0.05, 0.1) is 5.52 Å². The zero-order valence-electron chi connectivity index (χ0n) is 10.4. The van der Waals surface area contributed by atoms with Crippen molar-refractivity contribution in [3.63, 3.8) is 0 Å². The Balaban J connectivity index is 1.80. The van der Waals surface area contributed by atoms with Gasteiger partial charge in [0.1, 0.15) is 0 Å². The molecule has 1 fully saturated rings. The molecular formula is C15H16N2O. The van der Waals surface area contributed by atoms with E-state index in [2.05, 4.69) is 10.3 Å². The van der Waals surface area contributed by atoms with Crippen molar-refractivity contribution >= 4 is 16.8 Å². The predicted octanol–water partition coefficient (Wildman–Crippen LogP) is 2.65. The molecular weight excluding hydrogens is 224 g/mol. The van der Waals surface area contributed by atoms with Crippen LogP contribution < -0.4 is 5.32 Å². The van der Waals surface area contributed by atoms with Crippen LogP contribution in [0.5, 0.6) is 0 Å². The highest BCUT2D eigenvalue weighted by Gasteiger charge is 2.44. The summed E-state index contributed by atoms with van der Waals surface area (Å²) >= 11 is 0. The Hall–Kier alpha value is -1.90. The average Bonchev–Trinajstić information content (AvgIpc) is 3.15. The third-order valence-electron chi connectivity index (χ3n) is 3.70. The van der Waals surface area contributed by atoms with Crippen LogP contribution >= 0.6 is 0 Å². The van der Waals surface area contributed by atoms with Gasteiger partial charge in [-0.3, -0.25) is 9.78 Å². The summed E-state index contributed by atoms with van der Waals surface area (Å²) in [6, 6.07) is 10.0. The summed E-state index contributed by atoms with van der Waals surface area (Å²) in [7, 11) is 0. The van der Waals surface area contributed by atoms with Gasteiger partial charge in [0.15, 0.2) is 0 Å². The Morgan fingerprint density at radius 1 is 1.33 bits per heavy atom. The number of carbonyl (C=O) groups excluding carboxylic acids is 1. The molecule has 1 heterocycles. The van der Waals surface area contributed by atoms with Gasteiger partial charge in [-0.1, -0.05) is 31.2 Å². The number of nitrogens with one attached hydrogen (secondary N) is 1. The molecule has 2 aromatic rings. The van der Waals surface area contributed by atoms with Gasteiger partial charge in [0, 0.05) is 23.5 Å². The Morgan fingerprint density at radius 2 is 2.11 bits per heavy atom. The molecule has 3 rings (SSSR count). The van der Waals surface area contributed by atoms with Crippen molar-refractivity contribution in [3.05, 3.63) is 42.1 Å². The third kappa shape index (κ3) is 1.96. The molecule has 1 aliphatic rings. The normalized spacial score (nSPS) is 16.5. The molecule has 92 valence electrons. The van der Waals surface area contributed by atoms with Gasteiger partial charge >= 0.3 is 0 Å². The molecule has 1 saturated carbocycles. The first-order chi connectivity index (χ1) is 8.69. The van der Waals surface area contributed by atoms with Crippen LogP contribution in [-0.4, -0.2) is 10.9 Å². The van der Waals surface area contributed by atoms with E-state index < -0.39 is 0 Å². The average molecular weight is 240 g/mol.